The first-order valence-corrected chi connectivity index (χ1v) is 9.65. The molecule has 1 aromatic carbocycles. The highest BCUT2D eigenvalue weighted by Gasteiger charge is 2.25. The molecule has 3 aromatic rings. The van der Waals surface area contributed by atoms with Gasteiger partial charge in [0.15, 0.2) is 5.78 Å². The molecule has 2 aromatic heterocycles. The van der Waals surface area contributed by atoms with Gasteiger partial charge in [-0.25, -0.2) is 0 Å². The summed E-state index contributed by atoms with van der Waals surface area (Å²) in [7, 11) is 0. The van der Waals surface area contributed by atoms with Gasteiger partial charge in [-0.3, -0.25) is 4.79 Å². The fourth-order valence-corrected chi connectivity index (χ4v) is 4.21. The lowest BCUT2D eigenvalue weighted by Crippen LogP contribution is -2.30. The molecule has 3 nitrogen and oxygen atoms in total. The number of carbonyl (C=O) groups excluding carboxylic acids is 1. The summed E-state index contributed by atoms with van der Waals surface area (Å²) in [6.45, 7) is 3.17. The maximum atomic E-state index is 12.5. The third-order valence-corrected chi connectivity index (χ3v) is 5.41. The predicted octanol–water partition coefficient (Wildman–Crippen LogP) is 4.64. The number of halogens is 1. The molecule has 2 heterocycles. The molecule has 4 rings (SSSR count). The number of pyridine rings is 1. The zero-order valence-corrected chi connectivity index (χ0v) is 16.6. The number of carbonyl (C=O) groups is 1. The first kappa shape index (κ1) is 19.7. The largest absolute Gasteiger partial charge is 0.314 e. The van der Waals surface area contributed by atoms with Crippen molar-refractivity contribution in [1.29, 1.82) is 0 Å². The fraction of sp³-hybridized carbons (Fsp3) is 0.348. The van der Waals surface area contributed by atoms with Crippen LogP contribution in [-0.4, -0.2) is 22.8 Å². The molecule has 0 spiro atoms. The van der Waals surface area contributed by atoms with E-state index in [0.717, 1.165) is 37.9 Å². The summed E-state index contributed by atoms with van der Waals surface area (Å²) in [6, 6.07) is 17.3. The summed E-state index contributed by atoms with van der Waals surface area (Å²) in [5.41, 5.74) is 6.13. The summed E-state index contributed by atoms with van der Waals surface area (Å²) >= 11 is 0. The van der Waals surface area contributed by atoms with Gasteiger partial charge >= 0.3 is 0 Å². The molecule has 1 unspecified atom stereocenters. The van der Waals surface area contributed by atoms with Gasteiger partial charge in [0.2, 0.25) is 0 Å². The molecule has 27 heavy (non-hydrogen) atoms. The number of hydrogen-bond acceptors (Lipinski definition) is 2. The Morgan fingerprint density at radius 3 is 2.67 bits per heavy atom. The highest BCUT2D eigenvalue weighted by atomic mass is 35.5. The van der Waals surface area contributed by atoms with Crippen LogP contribution in [-0.2, 0) is 19.3 Å². The molecule has 1 aliphatic carbocycles. The van der Waals surface area contributed by atoms with Crippen LogP contribution in [0.15, 0.2) is 54.7 Å². The molecule has 0 fully saturated rings. The van der Waals surface area contributed by atoms with Crippen molar-refractivity contribution in [3.8, 4) is 0 Å². The first-order valence-electron chi connectivity index (χ1n) is 9.65. The average molecular weight is 383 g/mol. The normalized spacial score (nSPS) is 14.6. The second kappa shape index (κ2) is 8.73. The number of hydrogen-bond donors (Lipinski definition) is 1. The minimum absolute atomic E-state index is 0. The van der Waals surface area contributed by atoms with Gasteiger partial charge in [-0.15, -0.1) is 12.4 Å². The van der Waals surface area contributed by atoms with Crippen LogP contribution in [0.4, 0.5) is 0 Å². The molecule has 1 aliphatic rings. The van der Waals surface area contributed by atoms with E-state index in [0.29, 0.717) is 18.2 Å². The van der Waals surface area contributed by atoms with Gasteiger partial charge in [0.05, 0.1) is 5.69 Å². The van der Waals surface area contributed by atoms with Crippen LogP contribution >= 0.6 is 12.4 Å². The molecular formula is C23H27ClN2O. The average Bonchev–Trinajstić information content (AvgIpc) is 2.98. The third kappa shape index (κ3) is 4.10. The Morgan fingerprint density at radius 1 is 1.07 bits per heavy atom. The van der Waals surface area contributed by atoms with E-state index in [1.165, 1.54) is 22.2 Å². The lowest BCUT2D eigenvalue weighted by molar-refractivity contribution is 0.0966. The smallest absolute Gasteiger partial charge is 0.179 e. The third-order valence-electron chi connectivity index (χ3n) is 5.41. The standard InChI is InChI=1S/C23H26N2O.ClH/c1-17(16-18-8-3-2-4-9-18)24-14-13-19-20-10-7-12-22(26)23(20)25-15-6-5-11-21(19)25;/h2-6,8-9,11,15,17,24H,7,10,12-14,16H2,1H3;1H. The molecule has 1 atom stereocenters. The van der Waals surface area contributed by atoms with E-state index in [-0.39, 0.29) is 12.4 Å². The van der Waals surface area contributed by atoms with Gasteiger partial charge in [0, 0.05) is 24.2 Å². The second-order valence-electron chi connectivity index (χ2n) is 7.33. The fourth-order valence-electron chi connectivity index (χ4n) is 4.21. The van der Waals surface area contributed by atoms with Crippen LogP contribution in [0.1, 0.15) is 46.9 Å². The predicted molar refractivity (Wildman–Crippen MR) is 113 cm³/mol. The van der Waals surface area contributed by atoms with Crippen LogP contribution in [0.25, 0.3) is 5.52 Å². The van der Waals surface area contributed by atoms with Crippen molar-refractivity contribution in [3.63, 3.8) is 0 Å². The molecule has 4 heteroatoms. The first-order chi connectivity index (χ1) is 12.7. The summed E-state index contributed by atoms with van der Waals surface area (Å²) in [5.74, 6) is 0.295. The van der Waals surface area contributed by atoms with E-state index in [1.807, 2.05) is 12.3 Å². The van der Waals surface area contributed by atoms with Gasteiger partial charge < -0.3 is 9.72 Å². The lowest BCUT2D eigenvalue weighted by atomic mass is 9.92. The zero-order chi connectivity index (χ0) is 17.9. The van der Waals surface area contributed by atoms with E-state index >= 15 is 0 Å². The Hall–Kier alpha value is -2.10. The summed E-state index contributed by atoms with van der Waals surface area (Å²) < 4.78 is 2.11. The van der Waals surface area contributed by atoms with E-state index in [1.54, 1.807) is 0 Å². The number of benzene rings is 1. The van der Waals surface area contributed by atoms with Gasteiger partial charge in [0.1, 0.15) is 0 Å². The van der Waals surface area contributed by atoms with Gasteiger partial charge in [-0.1, -0.05) is 36.4 Å². The Kier molecular flexibility index (Phi) is 6.35. The number of nitrogens with one attached hydrogen (secondary N) is 1. The minimum atomic E-state index is 0. The topological polar surface area (TPSA) is 33.5 Å². The highest BCUT2D eigenvalue weighted by Crippen LogP contribution is 2.30. The van der Waals surface area contributed by atoms with Crippen molar-refractivity contribution in [2.24, 2.45) is 0 Å². The summed E-state index contributed by atoms with van der Waals surface area (Å²) in [5, 5.41) is 3.66. The number of Topliss-reactive ketones (excluding diaryl/α,β-unsaturated/α-hetero) is 1. The van der Waals surface area contributed by atoms with Gasteiger partial charge in [0.25, 0.3) is 0 Å². The van der Waals surface area contributed by atoms with Gasteiger partial charge in [-0.05, 0) is 68.0 Å². The van der Waals surface area contributed by atoms with Crippen LogP contribution in [0.3, 0.4) is 0 Å². The second-order valence-corrected chi connectivity index (χ2v) is 7.33. The number of nitrogens with zero attached hydrogens (tertiary/aromatic N) is 1. The Balaban J connectivity index is 0.00000210. The monoisotopic (exact) mass is 382 g/mol. The van der Waals surface area contributed by atoms with Gasteiger partial charge in [-0.2, -0.15) is 0 Å². The van der Waals surface area contributed by atoms with Crippen LogP contribution in [0, 0.1) is 0 Å². The van der Waals surface area contributed by atoms with Crippen molar-refractivity contribution >= 4 is 23.7 Å². The van der Waals surface area contributed by atoms with Crippen LogP contribution in [0.2, 0.25) is 0 Å². The quantitative estimate of drug-likeness (QED) is 0.673. The van der Waals surface area contributed by atoms with Crippen LogP contribution < -0.4 is 5.32 Å². The van der Waals surface area contributed by atoms with Crippen molar-refractivity contribution in [3.05, 3.63) is 77.1 Å². The number of ketones is 1. The highest BCUT2D eigenvalue weighted by molar-refractivity contribution is 5.99. The zero-order valence-electron chi connectivity index (χ0n) is 15.8. The summed E-state index contributed by atoms with van der Waals surface area (Å²) in [6.07, 6.45) is 6.72. The van der Waals surface area contributed by atoms with Crippen molar-refractivity contribution < 1.29 is 4.79 Å². The van der Waals surface area contributed by atoms with E-state index in [9.17, 15) is 4.79 Å². The number of rotatable bonds is 6. The van der Waals surface area contributed by atoms with E-state index in [2.05, 4.69) is 59.1 Å². The number of aromatic nitrogens is 1. The minimum Gasteiger partial charge on any atom is -0.314 e. The Bertz CT molecular complexity index is 917. The molecule has 0 radical (unpaired) electrons. The molecule has 142 valence electrons. The van der Waals surface area contributed by atoms with E-state index < -0.39 is 0 Å². The summed E-state index contributed by atoms with van der Waals surface area (Å²) in [4.78, 5) is 12.5. The van der Waals surface area contributed by atoms with Crippen molar-refractivity contribution in [2.75, 3.05) is 6.54 Å². The molecule has 0 saturated carbocycles. The molecule has 0 saturated heterocycles. The van der Waals surface area contributed by atoms with Crippen LogP contribution in [0.5, 0.6) is 0 Å². The molecular weight excluding hydrogens is 356 g/mol. The Labute approximate surface area is 167 Å². The lowest BCUT2D eigenvalue weighted by Gasteiger charge is -2.15. The molecule has 1 N–H and O–H groups in total. The molecule has 0 amide bonds. The molecule has 0 bridgehead atoms. The number of fused-ring (bicyclic) bond motifs is 3. The van der Waals surface area contributed by atoms with Crippen molar-refractivity contribution in [2.45, 2.75) is 45.1 Å². The maximum Gasteiger partial charge on any atom is 0.179 e. The van der Waals surface area contributed by atoms with E-state index in [4.69, 9.17) is 0 Å². The maximum absolute atomic E-state index is 12.5. The molecule has 0 aliphatic heterocycles. The SMILES string of the molecule is CC(Cc1ccccc1)NCCc1c2c(n3ccccc13)C(=O)CCC2.Cl. The Morgan fingerprint density at radius 2 is 1.85 bits per heavy atom. The van der Waals surface area contributed by atoms with Crippen molar-refractivity contribution in [1.82, 2.24) is 9.72 Å².